The maximum Gasteiger partial charge on any atom is 0.266 e. The summed E-state index contributed by atoms with van der Waals surface area (Å²) in [6.07, 6.45) is 0.589. The van der Waals surface area contributed by atoms with Crippen LogP contribution in [0.1, 0.15) is 31.4 Å². The molecule has 0 aromatic heterocycles. The summed E-state index contributed by atoms with van der Waals surface area (Å²) in [6.45, 7) is 3.48. The molecule has 0 spiro atoms. The van der Waals surface area contributed by atoms with Gasteiger partial charge in [0.2, 0.25) is 17.7 Å². The highest BCUT2D eigenvalue weighted by molar-refractivity contribution is 7.85. The molecule has 3 atom stereocenters. The van der Waals surface area contributed by atoms with Crippen LogP contribution in [0, 0.1) is 17.8 Å². The van der Waals surface area contributed by atoms with Crippen LogP contribution in [0.2, 0.25) is 0 Å². The van der Waals surface area contributed by atoms with Crippen molar-refractivity contribution < 1.29 is 32.6 Å². The van der Waals surface area contributed by atoms with Crippen molar-refractivity contribution in [3.63, 3.8) is 0 Å². The van der Waals surface area contributed by atoms with Crippen molar-refractivity contribution in [1.82, 2.24) is 16.1 Å². The van der Waals surface area contributed by atoms with Crippen LogP contribution in [0.5, 0.6) is 0 Å². The fourth-order valence-corrected chi connectivity index (χ4v) is 5.21. The summed E-state index contributed by atoms with van der Waals surface area (Å²) in [5.41, 5.74) is 3.27. The van der Waals surface area contributed by atoms with E-state index in [1.807, 2.05) is 62.4 Å². The lowest BCUT2D eigenvalue weighted by molar-refractivity contribution is -0.141. The van der Waals surface area contributed by atoms with Crippen molar-refractivity contribution in [3.8, 4) is 0 Å². The smallest absolute Gasteiger partial charge is 0.266 e. The molecule has 10 nitrogen and oxygen atoms in total. The average molecular weight is 584 g/mol. The molecule has 0 fully saturated rings. The van der Waals surface area contributed by atoms with Crippen LogP contribution >= 0.6 is 0 Å². The molecule has 0 heterocycles. The topological polar surface area (TPSA) is 162 Å². The van der Waals surface area contributed by atoms with Gasteiger partial charge >= 0.3 is 0 Å². The van der Waals surface area contributed by atoms with E-state index in [-0.39, 0.29) is 25.3 Å². The zero-order valence-electron chi connectivity index (χ0n) is 23.1. The minimum Gasteiger partial charge on any atom is -0.353 e. The van der Waals surface area contributed by atoms with Gasteiger partial charge in [0, 0.05) is 13.0 Å². The summed E-state index contributed by atoms with van der Waals surface area (Å²) < 4.78 is 31.2. The molecule has 5 N–H and O–H groups in total. The average Bonchev–Trinajstić information content (AvgIpc) is 2.93. The molecule has 3 unspecified atom stereocenters. The highest BCUT2D eigenvalue weighted by Gasteiger charge is 2.36. The van der Waals surface area contributed by atoms with E-state index in [4.69, 9.17) is 4.55 Å². The van der Waals surface area contributed by atoms with Crippen molar-refractivity contribution >= 4 is 38.6 Å². The SMILES string of the molecule is CC(C)CC(C(=O)NC(Cc1ccccc1)C(=O)NCCS(=O)(=O)O)C(Cc1ccc2ccccc2c1)C(=O)NO. The molecule has 0 aliphatic rings. The van der Waals surface area contributed by atoms with Crippen molar-refractivity contribution in [2.45, 2.75) is 39.2 Å². The summed E-state index contributed by atoms with van der Waals surface area (Å²) in [6, 6.07) is 21.4. The Morgan fingerprint density at radius 2 is 1.44 bits per heavy atom. The third kappa shape index (κ3) is 9.96. The Morgan fingerprint density at radius 3 is 2.07 bits per heavy atom. The lowest BCUT2D eigenvalue weighted by Gasteiger charge is -2.28. The highest BCUT2D eigenvalue weighted by Crippen LogP contribution is 2.27. The van der Waals surface area contributed by atoms with Crippen LogP contribution in [0.3, 0.4) is 0 Å². The number of hydrogen-bond donors (Lipinski definition) is 5. The summed E-state index contributed by atoms with van der Waals surface area (Å²) in [5, 5.41) is 16.8. The fourth-order valence-electron chi connectivity index (χ4n) is 4.85. The Bertz CT molecular complexity index is 1440. The van der Waals surface area contributed by atoms with Gasteiger partial charge in [0.15, 0.2) is 0 Å². The number of hydrogen-bond acceptors (Lipinski definition) is 6. The van der Waals surface area contributed by atoms with Gasteiger partial charge in [-0.1, -0.05) is 86.6 Å². The van der Waals surface area contributed by atoms with Crippen LogP contribution in [0.15, 0.2) is 72.8 Å². The predicted molar refractivity (Wildman–Crippen MR) is 156 cm³/mol. The number of amides is 3. The minimum absolute atomic E-state index is 0.00695. The third-order valence-electron chi connectivity index (χ3n) is 6.84. The largest absolute Gasteiger partial charge is 0.353 e. The molecule has 0 aliphatic carbocycles. The summed E-state index contributed by atoms with van der Waals surface area (Å²) >= 11 is 0. The number of benzene rings is 3. The van der Waals surface area contributed by atoms with Gasteiger partial charge in [0.05, 0.1) is 17.6 Å². The standard InChI is InChI=1S/C30H37N3O7S/c1-20(2)16-25(26(29(35)33-37)18-22-12-13-23-10-6-7-11-24(23)17-22)28(34)32-27(19-21-8-4-3-5-9-21)30(36)31-14-15-41(38,39)40/h3-13,17,20,25-27,37H,14-16,18-19H2,1-2H3,(H,31,36)(H,32,34)(H,33,35)(H,38,39,40). The van der Waals surface area contributed by atoms with E-state index in [1.54, 1.807) is 29.7 Å². The Balaban J connectivity index is 1.88. The second kappa shape index (κ2) is 14.7. The van der Waals surface area contributed by atoms with Gasteiger partial charge in [0.1, 0.15) is 6.04 Å². The van der Waals surface area contributed by atoms with Crippen LogP contribution in [-0.2, 0) is 37.3 Å². The number of carbonyl (C=O) groups is 3. The second-order valence-corrected chi connectivity index (χ2v) is 12.1. The first-order chi connectivity index (χ1) is 19.5. The third-order valence-corrected chi connectivity index (χ3v) is 7.56. The maximum absolute atomic E-state index is 13.8. The van der Waals surface area contributed by atoms with E-state index in [0.29, 0.717) is 6.42 Å². The van der Waals surface area contributed by atoms with Crippen molar-refractivity contribution in [1.29, 1.82) is 0 Å². The number of rotatable bonds is 14. The molecule has 3 amide bonds. The fraction of sp³-hybridized carbons (Fsp3) is 0.367. The van der Waals surface area contributed by atoms with Gasteiger partial charge in [-0.25, -0.2) is 5.48 Å². The molecular weight excluding hydrogens is 546 g/mol. The first-order valence-electron chi connectivity index (χ1n) is 13.5. The summed E-state index contributed by atoms with van der Waals surface area (Å²) in [4.78, 5) is 39.8. The molecule has 0 radical (unpaired) electrons. The first-order valence-corrected chi connectivity index (χ1v) is 15.1. The van der Waals surface area contributed by atoms with Gasteiger partial charge in [0.25, 0.3) is 10.1 Å². The minimum atomic E-state index is -4.29. The lowest BCUT2D eigenvalue weighted by atomic mass is 9.80. The Morgan fingerprint density at radius 1 is 0.780 bits per heavy atom. The Labute approximate surface area is 240 Å². The van der Waals surface area contributed by atoms with Gasteiger partial charge < -0.3 is 10.6 Å². The normalized spacial score (nSPS) is 13.8. The molecule has 0 saturated heterocycles. The van der Waals surface area contributed by atoms with Crippen LogP contribution in [0.4, 0.5) is 0 Å². The van der Waals surface area contributed by atoms with E-state index in [2.05, 4.69) is 10.6 Å². The number of hydroxylamine groups is 1. The molecule has 41 heavy (non-hydrogen) atoms. The van der Waals surface area contributed by atoms with Crippen LogP contribution in [-0.4, -0.2) is 54.2 Å². The Hall–Kier alpha value is -3.80. The van der Waals surface area contributed by atoms with Gasteiger partial charge in [-0.05, 0) is 40.7 Å². The van der Waals surface area contributed by atoms with Crippen molar-refractivity contribution in [3.05, 3.63) is 83.9 Å². The molecule has 0 saturated carbocycles. The second-order valence-electron chi connectivity index (χ2n) is 10.5. The molecule has 11 heteroatoms. The molecule has 0 bridgehead atoms. The maximum atomic E-state index is 13.8. The first kappa shape index (κ1) is 31.7. The molecule has 0 aliphatic heterocycles. The van der Waals surface area contributed by atoms with Gasteiger partial charge in [-0.3, -0.25) is 24.1 Å². The molecular formula is C30H37N3O7S. The highest BCUT2D eigenvalue weighted by atomic mass is 32.2. The van der Waals surface area contributed by atoms with E-state index < -0.39 is 51.5 Å². The van der Waals surface area contributed by atoms with E-state index >= 15 is 0 Å². The monoisotopic (exact) mass is 583 g/mol. The zero-order valence-corrected chi connectivity index (χ0v) is 23.9. The summed E-state index contributed by atoms with van der Waals surface area (Å²) in [7, 11) is -4.29. The number of nitrogens with one attached hydrogen (secondary N) is 3. The predicted octanol–water partition coefficient (Wildman–Crippen LogP) is 2.90. The molecule has 3 rings (SSSR count). The van der Waals surface area contributed by atoms with Crippen molar-refractivity contribution in [2.24, 2.45) is 17.8 Å². The van der Waals surface area contributed by atoms with Gasteiger partial charge in [-0.2, -0.15) is 8.42 Å². The molecule has 3 aromatic rings. The lowest BCUT2D eigenvalue weighted by Crippen LogP contribution is -2.52. The van der Waals surface area contributed by atoms with Gasteiger partial charge in [-0.15, -0.1) is 0 Å². The molecule has 3 aromatic carbocycles. The number of fused-ring (bicyclic) bond motifs is 1. The quantitative estimate of drug-likeness (QED) is 0.111. The Kier molecular flexibility index (Phi) is 11.4. The van der Waals surface area contributed by atoms with Crippen LogP contribution < -0.4 is 16.1 Å². The molecule has 220 valence electrons. The zero-order chi connectivity index (χ0) is 30.0. The van der Waals surface area contributed by atoms with Crippen molar-refractivity contribution in [2.75, 3.05) is 12.3 Å². The summed E-state index contributed by atoms with van der Waals surface area (Å²) in [5.74, 6) is -4.39. The van der Waals surface area contributed by atoms with Crippen LogP contribution in [0.25, 0.3) is 10.8 Å². The number of carbonyl (C=O) groups excluding carboxylic acids is 3. The van der Waals surface area contributed by atoms with E-state index in [1.165, 1.54) is 0 Å². The van der Waals surface area contributed by atoms with E-state index in [0.717, 1.165) is 21.9 Å². The van der Waals surface area contributed by atoms with E-state index in [9.17, 15) is 28.0 Å².